The molecule has 5 amide bonds. The molecule has 5 fully saturated rings. The zero-order valence-electron chi connectivity index (χ0n) is 34.7. The lowest BCUT2D eigenvalue weighted by Gasteiger charge is -2.40. The van der Waals surface area contributed by atoms with E-state index in [0.717, 1.165) is 57.8 Å². The Bertz CT molecular complexity index is 1560. The van der Waals surface area contributed by atoms with E-state index in [2.05, 4.69) is 31.2 Å². The summed E-state index contributed by atoms with van der Waals surface area (Å²) in [5, 5.41) is 11.8. The van der Waals surface area contributed by atoms with Gasteiger partial charge in [-0.05, 0) is 73.5 Å². The van der Waals surface area contributed by atoms with Crippen molar-refractivity contribution in [1.29, 1.82) is 0 Å². The fraction of sp³-hybridized carbons (Fsp3) is 0.773. The number of fused-ring (bicyclic) bond motifs is 1. The number of nitrogens with zero attached hydrogens (tertiary/aromatic N) is 3. The highest BCUT2D eigenvalue weighted by molar-refractivity contribution is 6.38. The molecule has 1 aromatic rings. The lowest BCUT2D eigenvalue weighted by molar-refractivity contribution is -0.146. The molecule has 1 aliphatic heterocycles. The fourth-order valence-corrected chi connectivity index (χ4v) is 10.4. The molecule has 6 atom stereocenters. The molecule has 5 aliphatic rings. The van der Waals surface area contributed by atoms with Crippen LogP contribution in [0.1, 0.15) is 154 Å². The maximum Gasteiger partial charge on any atom is 0.289 e. The number of aromatic nitrogens is 2. The first-order chi connectivity index (χ1) is 27.3. The van der Waals surface area contributed by atoms with Gasteiger partial charge in [0.1, 0.15) is 23.8 Å². The van der Waals surface area contributed by atoms with Crippen LogP contribution in [0.25, 0.3) is 0 Å². The average Bonchev–Trinajstić information content (AvgIpc) is 3.78. The van der Waals surface area contributed by atoms with Crippen molar-refractivity contribution in [2.45, 2.75) is 173 Å². The van der Waals surface area contributed by atoms with E-state index < -0.39 is 59.0 Å². The lowest BCUT2D eigenvalue weighted by atomic mass is 9.67. The molecule has 4 saturated carbocycles. The summed E-state index contributed by atoms with van der Waals surface area (Å²) in [7, 11) is 0. The normalized spacial score (nSPS) is 24.6. The first-order valence-electron chi connectivity index (χ1n) is 22.2. The van der Waals surface area contributed by atoms with Gasteiger partial charge in [0.25, 0.3) is 11.8 Å². The maximum atomic E-state index is 14.9. The minimum Gasteiger partial charge on any atom is -0.347 e. The summed E-state index contributed by atoms with van der Waals surface area (Å²) in [6.45, 7) is 7.97. The van der Waals surface area contributed by atoms with Crippen molar-refractivity contribution in [3.05, 3.63) is 24.3 Å². The number of Topliss-reactive ketones (excluding diaryl/α,β-unsaturated/α-hetero) is 1. The summed E-state index contributed by atoms with van der Waals surface area (Å²) in [5.41, 5.74) is -0.633. The molecule has 2 heterocycles. The maximum absolute atomic E-state index is 14.9. The van der Waals surface area contributed by atoms with Gasteiger partial charge in [-0.25, -0.2) is 4.98 Å². The Morgan fingerprint density at radius 3 is 2.04 bits per heavy atom. The number of carbonyl (C=O) groups excluding carboxylic acids is 6. The van der Waals surface area contributed by atoms with Crippen LogP contribution in [0.2, 0.25) is 0 Å². The van der Waals surface area contributed by atoms with Crippen LogP contribution in [0.4, 0.5) is 0 Å². The molecule has 13 heteroatoms. The van der Waals surface area contributed by atoms with Gasteiger partial charge in [-0.3, -0.25) is 33.8 Å². The van der Waals surface area contributed by atoms with Crippen molar-refractivity contribution < 1.29 is 28.8 Å². The van der Waals surface area contributed by atoms with Crippen molar-refractivity contribution in [1.82, 2.24) is 36.1 Å². The van der Waals surface area contributed by atoms with Crippen molar-refractivity contribution in [3.8, 4) is 0 Å². The molecule has 13 nitrogen and oxygen atoms in total. The number of hydrogen-bond acceptors (Lipinski definition) is 8. The third-order valence-electron chi connectivity index (χ3n) is 13.6. The van der Waals surface area contributed by atoms with E-state index in [4.69, 9.17) is 0 Å². The second kappa shape index (κ2) is 19.2. The highest BCUT2D eigenvalue weighted by Crippen LogP contribution is 2.44. The molecular weight excluding hydrogens is 723 g/mol. The topological polar surface area (TPSA) is 180 Å². The highest BCUT2D eigenvalue weighted by Gasteiger charge is 2.52. The van der Waals surface area contributed by atoms with E-state index in [1.54, 1.807) is 4.90 Å². The van der Waals surface area contributed by atoms with Gasteiger partial charge in [0.2, 0.25) is 23.5 Å². The van der Waals surface area contributed by atoms with Crippen LogP contribution < -0.4 is 21.3 Å². The molecule has 0 bridgehead atoms. The van der Waals surface area contributed by atoms with Gasteiger partial charge >= 0.3 is 0 Å². The highest BCUT2D eigenvalue weighted by atomic mass is 16.2. The number of rotatable bonds is 16. The molecule has 57 heavy (non-hydrogen) atoms. The molecule has 0 aromatic carbocycles. The van der Waals surface area contributed by atoms with Crippen LogP contribution >= 0.6 is 0 Å². The predicted molar refractivity (Wildman–Crippen MR) is 215 cm³/mol. The molecule has 4 N–H and O–H groups in total. The lowest BCUT2D eigenvalue weighted by Crippen LogP contribution is -2.62. The Labute approximate surface area is 338 Å². The first kappa shape index (κ1) is 42.7. The smallest absolute Gasteiger partial charge is 0.289 e. The van der Waals surface area contributed by atoms with Crippen molar-refractivity contribution >= 4 is 35.3 Å². The summed E-state index contributed by atoms with van der Waals surface area (Å²) >= 11 is 0. The predicted octanol–water partition coefficient (Wildman–Crippen LogP) is 5.03. The van der Waals surface area contributed by atoms with Gasteiger partial charge in [-0.15, -0.1) is 0 Å². The van der Waals surface area contributed by atoms with E-state index in [1.807, 2.05) is 27.7 Å². The number of likely N-dealkylation sites (tertiary alicyclic amines) is 1. The largest absolute Gasteiger partial charge is 0.347 e. The first-order valence-corrected chi connectivity index (χ1v) is 22.2. The quantitative estimate of drug-likeness (QED) is 0.168. The second-order valence-electron chi connectivity index (χ2n) is 18.9. The van der Waals surface area contributed by atoms with Crippen molar-refractivity contribution in [2.24, 2.45) is 35.0 Å². The molecule has 0 spiro atoms. The van der Waals surface area contributed by atoms with Gasteiger partial charge in [0.15, 0.2) is 0 Å². The third kappa shape index (κ3) is 10.8. The van der Waals surface area contributed by atoms with Crippen molar-refractivity contribution in [2.75, 3.05) is 6.54 Å². The summed E-state index contributed by atoms with van der Waals surface area (Å²) in [4.78, 5) is 93.6. The molecule has 6 rings (SSSR count). The Morgan fingerprint density at radius 1 is 0.789 bits per heavy atom. The minimum absolute atomic E-state index is 0.0106. The van der Waals surface area contributed by atoms with Crippen LogP contribution in [0.5, 0.6) is 0 Å². The molecule has 4 aliphatic carbocycles. The third-order valence-corrected chi connectivity index (χ3v) is 13.6. The van der Waals surface area contributed by atoms with Crippen LogP contribution in [-0.4, -0.2) is 86.9 Å². The number of nitrogens with one attached hydrogen (secondary N) is 4. The Balaban J connectivity index is 1.24. The van der Waals surface area contributed by atoms with Crippen LogP contribution in [0.3, 0.4) is 0 Å². The number of hydrogen-bond donors (Lipinski definition) is 4. The minimum atomic E-state index is -1.00. The van der Waals surface area contributed by atoms with Crippen LogP contribution in [0, 0.1) is 35.0 Å². The molecule has 0 radical (unpaired) electrons. The molecular formula is C44H67N7O6. The van der Waals surface area contributed by atoms with E-state index in [0.29, 0.717) is 37.6 Å². The number of carbonyl (C=O) groups is 6. The van der Waals surface area contributed by atoms with Gasteiger partial charge in [-0.1, -0.05) is 105 Å². The van der Waals surface area contributed by atoms with E-state index in [-0.39, 0.29) is 35.4 Å². The van der Waals surface area contributed by atoms with Crippen LogP contribution in [-0.2, 0) is 24.0 Å². The summed E-state index contributed by atoms with van der Waals surface area (Å²) in [6, 6.07) is -3.73. The molecule has 1 aromatic heterocycles. The second-order valence-corrected chi connectivity index (χ2v) is 18.9. The Kier molecular flexibility index (Phi) is 14.4. The summed E-state index contributed by atoms with van der Waals surface area (Å²) in [6.07, 6.45) is 21.6. The zero-order valence-corrected chi connectivity index (χ0v) is 34.7. The van der Waals surface area contributed by atoms with Gasteiger partial charge in [0, 0.05) is 25.0 Å². The molecule has 314 valence electrons. The zero-order chi connectivity index (χ0) is 40.7. The van der Waals surface area contributed by atoms with Gasteiger partial charge in [0.05, 0.1) is 12.2 Å². The monoisotopic (exact) mass is 790 g/mol. The summed E-state index contributed by atoms with van der Waals surface area (Å²) < 4.78 is 0. The fourth-order valence-electron chi connectivity index (χ4n) is 10.4. The standard InChI is InChI=1S/C44H67N7O6/c1-5-13-33(37(52)42(56)47-30-20-21-30)48-41(55)36-31-19-12-18-29(31)26-51(36)43(57)38(44(2,3)4)50-39(53)34(49-40(54)35-25-45-22-23-46-35)24-32(27-14-8-6-9-15-27)28-16-10-7-11-17-28/h22-23,25,27-34,36,38H,5-21,24,26H2,1-4H3,(H,47,56)(H,48,55)(H,49,54)(H,50,53)/t29?,31?,33?,34-,36+,38-/m1/s1. The average molecular weight is 790 g/mol. The van der Waals surface area contributed by atoms with Gasteiger partial charge in [-0.2, -0.15) is 0 Å². The summed E-state index contributed by atoms with van der Waals surface area (Å²) in [5.74, 6) is -1.82. The number of ketones is 1. The van der Waals surface area contributed by atoms with E-state index in [1.165, 1.54) is 57.1 Å². The van der Waals surface area contributed by atoms with Crippen molar-refractivity contribution in [3.63, 3.8) is 0 Å². The van der Waals surface area contributed by atoms with Gasteiger partial charge < -0.3 is 26.2 Å². The Morgan fingerprint density at radius 2 is 1.46 bits per heavy atom. The number of amides is 5. The van der Waals surface area contributed by atoms with Crippen LogP contribution in [0.15, 0.2) is 18.6 Å². The molecule has 1 saturated heterocycles. The van der Waals surface area contributed by atoms with E-state index >= 15 is 0 Å². The SMILES string of the molecule is CCCC(NC(=O)[C@@H]1C2CCCC2CN1C(=O)[C@@H](NC(=O)[C@@H](CC(C1CCCCC1)C1CCCCC1)NC(=O)c1cnccn1)C(C)(C)C)C(=O)C(=O)NC1CC1. The van der Waals surface area contributed by atoms with E-state index in [9.17, 15) is 28.8 Å². The Hall–Kier alpha value is -3.90. The molecule has 3 unspecified atom stereocenters.